The molecule has 1 spiro atoms. The van der Waals surface area contributed by atoms with Gasteiger partial charge in [0, 0.05) is 55.6 Å². The fourth-order valence-corrected chi connectivity index (χ4v) is 9.80. The van der Waals surface area contributed by atoms with Crippen molar-refractivity contribution < 1.29 is 23.5 Å². The second kappa shape index (κ2) is 14.7. The van der Waals surface area contributed by atoms with Gasteiger partial charge in [-0.3, -0.25) is 9.59 Å². The lowest BCUT2D eigenvalue weighted by molar-refractivity contribution is -0.143. The summed E-state index contributed by atoms with van der Waals surface area (Å²) in [4.78, 5) is 59.3. The standard InChI is InChI=1S/C45H55FN8O4/c1-28(2)53-27-47-37-24-36(49-40(39(37)53)48-35-12-8-7-11-34(35)46)29-13-14-33-38(21-29)54(32-22-31(23-32)50-17-9-6-10-18-50)42(56)45(33)15-19-51(20-16-45)41(55)30-25-52(26-30)43(57)58-44(3,4)5/h7-8,11-14,21,24,27-28,30-32H,6,9-10,15-20,22-23,25-26H2,1-5H3,(H,48,49)/t31-,32+. The summed E-state index contributed by atoms with van der Waals surface area (Å²) in [5, 5.41) is 3.27. The molecule has 1 N–H and O–H groups in total. The average molecular weight is 791 g/mol. The molecule has 2 aromatic carbocycles. The minimum atomic E-state index is -0.728. The highest BCUT2D eigenvalue weighted by molar-refractivity contribution is 6.09. The Morgan fingerprint density at radius 3 is 2.34 bits per heavy atom. The first-order chi connectivity index (χ1) is 27.8. The molecule has 58 heavy (non-hydrogen) atoms. The van der Waals surface area contributed by atoms with Crippen LogP contribution in [0.15, 0.2) is 54.9 Å². The molecule has 3 amide bonds. The summed E-state index contributed by atoms with van der Waals surface area (Å²) >= 11 is 0. The maximum atomic E-state index is 15.0. The van der Waals surface area contributed by atoms with E-state index < -0.39 is 17.1 Å². The zero-order valence-electron chi connectivity index (χ0n) is 34.3. The molecule has 12 nitrogen and oxygen atoms in total. The van der Waals surface area contributed by atoms with E-state index in [1.54, 1.807) is 29.4 Å². The number of ether oxygens (including phenoxy) is 1. The fraction of sp³-hybridized carbons (Fsp3) is 0.533. The summed E-state index contributed by atoms with van der Waals surface area (Å²) in [6, 6.07) is 15.5. The van der Waals surface area contributed by atoms with Crippen molar-refractivity contribution in [2.75, 3.05) is 49.5 Å². The number of para-hydroxylation sites is 1. The number of hydrogen-bond donors (Lipinski definition) is 1. The third-order valence-electron chi connectivity index (χ3n) is 13.1. The highest BCUT2D eigenvalue weighted by Crippen LogP contribution is 2.52. The number of piperidine rings is 2. The van der Waals surface area contributed by atoms with Crippen LogP contribution in [0.1, 0.15) is 91.2 Å². The predicted molar refractivity (Wildman–Crippen MR) is 222 cm³/mol. The number of hydrogen-bond acceptors (Lipinski definition) is 8. The third kappa shape index (κ3) is 6.78. The molecule has 4 aliphatic heterocycles. The van der Waals surface area contributed by atoms with Gasteiger partial charge in [0.25, 0.3) is 0 Å². The molecule has 0 unspecified atom stereocenters. The Labute approximate surface area is 339 Å². The Morgan fingerprint density at radius 1 is 0.931 bits per heavy atom. The van der Waals surface area contributed by atoms with E-state index in [1.165, 1.54) is 25.3 Å². The summed E-state index contributed by atoms with van der Waals surface area (Å²) in [5.74, 6) is 0.0480. The second-order valence-electron chi connectivity index (χ2n) is 18.3. The van der Waals surface area contributed by atoms with Crippen molar-refractivity contribution in [1.82, 2.24) is 29.2 Å². The van der Waals surface area contributed by atoms with Crippen LogP contribution < -0.4 is 10.2 Å². The van der Waals surface area contributed by atoms with Crippen LogP contribution in [0.5, 0.6) is 0 Å². The minimum absolute atomic E-state index is 0.0390. The number of carbonyl (C=O) groups excluding carboxylic acids is 3. The number of rotatable bonds is 7. The maximum Gasteiger partial charge on any atom is 0.410 e. The van der Waals surface area contributed by atoms with Crippen molar-refractivity contribution in [2.45, 2.75) is 109 Å². The summed E-state index contributed by atoms with van der Waals surface area (Å²) in [5.41, 5.74) is 4.01. The van der Waals surface area contributed by atoms with Crippen LogP contribution in [0.3, 0.4) is 0 Å². The molecule has 1 aliphatic carbocycles. The van der Waals surface area contributed by atoms with E-state index in [0.717, 1.165) is 53.8 Å². The number of carbonyl (C=O) groups is 3. The Hall–Kier alpha value is -5.04. The summed E-state index contributed by atoms with van der Waals surface area (Å²) in [6.45, 7) is 13.6. The lowest BCUT2D eigenvalue weighted by Gasteiger charge is -2.48. The van der Waals surface area contributed by atoms with Gasteiger partial charge in [-0.15, -0.1) is 0 Å². The van der Waals surface area contributed by atoms with Gasteiger partial charge in [0.2, 0.25) is 11.8 Å². The number of pyridine rings is 1. The van der Waals surface area contributed by atoms with E-state index in [2.05, 4.69) is 41.1 Å². The van der Waals surface area contributed by atoms with Crippen LogP contribution in [0, 0.1) is 11.7 Å². The molecule has 4 aromatic rings. The van der Waals surface area contributed by atoms with Crippen molar-refractivity contribution in [3.8, 4) is 11.3 Å². The average Bonchev–Trinajstić information content (AvgIpc) is 3.69. The van der Waals surface area contributed by atoms with Crippen molar-refractivity contribution in [3.05, 3.63) is 66.2 Å². The molecule has 5 aliphatic rings. The molecular weight excluding hydrogens is 736 g/mol. The van der Waals surface area contributed by atoms with Crippen LogP contribution in [-0.4, -0.2) is 104 Å². The largest absolute Gasteiger partial charge is 0.444 e. The van der Waals surface area contributed by atoms with E-state index in [-0.39, 0.29) is 35.6 Å². The van der Waals surface area contributed by atoms with Gasteiger partial charge in [-0.05, 0) is 116 Å². The second-order valence-corrected chi connectivity index (χ2v) is 18.3. The van der Waals surface area contributed by atoms with Gasteiger partial charge < -0.3 is 34.2 Å². The lowest BCUT2D eigenvalue weighted by atomic mass is 9.73. The third-order valence-corrected chi connectivity index (χ3v) is 13.1. The van der Waals surface area contributed by atoms with E-state index >= 15 is 4.79 Å². The molecule has 1 saturated carbocycles. The van der Waals surface area contributed by atoms with Gasteiger partial charge in [0.05, 0.1) is 34.6 Å². The Morgan fingerprint density at radius 2 is 1.66 bits per heavy atom. The van der Waals surface area contributed by atoms with Crippen molar-refractivity contribution in [1.29, 1.82) is 0 Å². The van der Waals surface area contributed by atoms with E-state index in [9.17, 15) is 14.0 Å². The van der Waals surface area contributed by atoms with Gasteiger partial charge in [-0.25, -0.2) is 19.2 Å². The number of imidazole rings is 1. The van der Waals surface area contributed by atoms with Crippen LogP contribution >= 0.6 is 0 Å². The van der Waals surface area contributed by atoms with Crippen molar-refractivity contribution >= 4 is 46.1 Å². The predicted octanol–water partition coefficient (Wildman–Crippen LogP) is 7.65. The summed E-state index contributed by atoms with van der Waals surface area (Å²) in [7, 11) is 0. The topological polar surface area (TPSA) is 116 Å². The molecule has 6 heterocycles. The zero-order valence-corrected chi connectivity index (χ0v) is 34.3. The number of fused-ring (bicyclic) bond motifs is 3. The molecule has 0 atom stereocenters. The lowest BCUT2D eigenvalue weighted by Crippen LogP contribution is -2.60. The SMILES string of the molecule is CC(C)n1cnc2cc(-c3ccc4c(c3)N([C@H]3C[C@@H](N5CCCCC5)C3)C(=O)C43CCN(C(=O)C4CN(C(=O)OC(C)(C)C)C4)CC3)nc(Nc3ccccc3F)c21. The normalized spacial score (nSPS) is 22.3. The number of nitrogens with zero attached hydrogens (tertiary/aromatic N) is 7. The molecule has 9 rings (SSSR count). The highest BCUT2D eigenvalue weighted by atomic mass is 19.1. The molecular formula is C45H55FN8O4. The highest BCUT2D eigenvalue weighted by Gasteiger charge is 2.56. The zero-order chi connectivity index (χ0) is 40.5. The first-order valence-corrected chi connectivity index (χ1v) is 21.2. The number of aromatic nitrogens is 3. The number of likely N-dealkylation sites (tertiary alicyclic amines) is 3. The smallest absolute Gasteiger partial charge is 0.410 e. The van der Waals surface area contributed by atoms with Gasteiger partial charge in [0.1, 0.15) is 16.9 Å². The van der Waals surface area contributed by atoms with Crippen molar-refractivity contribution in [3.63, 3.8) is 0 Å². The van der Waals surface area contributed by atoms with Crippen LogP contribution in [0.4, 0.5) is 26.4 Å². The minimum Gasteiger partial charge on any atom is -0.444 e. The quantitative estimate of drug-likeness (QED) is 0.203. The van der Waals surface area contributed by atoms with E-state index in [4.69, 9.17) is 14.7 Å². The monoisotopic (exact) mass is 790 g/mol. The van der Waals surface area contributed by atoms with Gasteiger partial charge >= 0.3 is 6.09 Å². The maximum absolute atomic E-state index is 15.0. The first kappa shape index (κ1) is 38.5. The first-order valence-electron chi connectivity index (χ1n) is 21.2. The summed E-state index contributed by atoms with van der Waals surface area (Å²) < 4.78 is 22.5. The van der Waals surface area contributed by atoms with E-state index in [0.29, 0.717) is 62.3 Å². The molecule has 0 radical (unpaired) electrons. The number of amides is 3. The molecule has 4 fully saturated rings. The molecule has 3 saturated heterocycles. The van der Waals surface area contributed by atoms with Crippen LogP contribution in [0.2, 0.25) is 0 Å². The number of halogens is 1. The van der Waals surface area contributed by atoms with E-state index in [1.807, 2.05) is 42.4 Å². The fourth-order valence-electron chi connectivity index (χ4n) is 9.80. The van der Waals surface area contributed by atoms with Crippen LogP contribution in [0.25, 0.3) is 22.3 Å². The number of nitrogens with one attached hydrogen (secondary N) is 1. The van der Waals surface area contributed by atoms with Gasteiger partial charge in [-0.1, -0.05) is 30.7 Å². The van der Waals surface area contributed by atoms with Crippen LogP contribution in [-0.2, 0) is 19.7 Å². The molecule has 306 valence electrons. The Balaban J connectivity index is 1.01. The number of anilines is 3. The van der Waals surface area contributed by atoms with Crippen molar-refractivity contribution in [2.24, 2.45) is 5.92 Å². The Bertz CT molecular complexity index is 2240. The molecule has 2 aromatic heterocycles. The molecule has 0 bridgehead atoms. The molecule has 13 heteroatoms. The Kier molecular flexibility index (Phi) is 9.72. The number of benzene rings is 2. The van der Waals surface area contributed by atoms with Gasteiger partial charge in [-0.2, -0.15) is 0 Å². The van der Waals surface area contributed by atoms with Gasteiger partial charge in [0.15, 0.2) is 5.82 Å². The summed E-state index contributed by atoms with van der Waals surface area (Å²) in [6.07, 6.45) is 8.13.